The number of pyridine rings is 3. The second-order valence-corrected chi connectivity index (χ2v) is 29.6. The monoisotopic (exact) mass is 1320 g/mol. The normalized spacial score (nSPS) is 24.3. The molecule has 0 amide bonds. The van der Waals surface area contributed by atoms with Gasteiger partial charge in [-0.15, -0.1) is 0 Å². The van der Waals surface area contributed by atoms with Gasteiger partial charge in [-0.2, -0.15) is 13.2 Å². The molecule has 6 fully saturated rings. The second kappa shape index (κ2) is 26.6. The predicted molar refractivity (Wildman–Crippen MR) is 383 cm³/mol. The van der Waals surface area contributed by atoms with Crippen LogP contribution in [0.3, 0.4) is 0 Å². The Morgan fingerprint density at radius 3 is 1.62 bits per heavy atom. The average Bonchev–Trinajstić information content (AvgIpc) is 1.67. The molecule has 0 radical (unpaired) electrons. The number of halogens is 3. The molecule has 0 spiro atoms. The molecular formula is C76H97F3N18. The number of imidazole rings is 3. The van der Waals surface area contributed by atoms with Crippen LogP contribution >= 0.6 is 0 Å². The summed E-state index contributed by atoms with van der Waals surface area (Å²) in [5.41, 5.74) is 19.5. The number of likely N-dealkylation sites (tertiary alicyclic amines) is 3. The minimum Gasteiger partial charge on any atom is -0.367 e. The van der Waals surface area contributed by atoms with Crippen LogP contribution in [0.25, 0.3) is 55.4 Å². The van der Waals surface area contributed by atoms with Gasteiger partial charge in [-0.3, -0.25) is 29.7 Å². The molecule has 9 aromatic rings. The Morgan fingerprint density at radius 2 is 1.05 bits per heavy atom. The van der Waals surface area contributed by atoms with Crippen molar-refractivity contribution in [3.63, 3.8) is 0 Å². The van der Waals surface area contributed by atoms with Gasteiger partial charge in [0.25, 0.3) is 0 Å². The third-order valence-corrected chi connectivity index (χ3v) is 22.8. The lowest BCUT2D eigenvalue weighted by atomic mass is 9.88. The highest BCUT2D eigenvalue weighted by molar-refractivity contribution is 5.95. The van der Waals surface area contributed by atoms with Crippen LogP contribution in [0.2, 0.25) is 0 Å². The third kappa shape index (κ3) is 12.7. The fourth-order valence-electron chi connectivity index (χ4n) is 17.3. The summed E-state index contributed by atoms with van der Waals surface area (Å²) in [5, 5.41) is 3.67. The van der Waals surface area contributed by atoms with Gasteiger partial charge in [0.1, 0.15) is 35.1 Å². The molecule has 0 aliphatic carbocycles. The molecule has 3 N–H and O–H groups in total. The number of benzene rings is 3. The van der Waals surface area contributed by atoms with Crippen LogP contribution in [0.5, 0.6) is 0 Å². The largest absolute Gasteiger partial charge is 0.406 e. The van der Waals surface area contributed by atoms with E-state index in [1.807, 2.05) is 43.7 Å². The molecule has 6 aromatic heterocycles. The molecule has 18 nitrogen and oxygen atoms in total. The Morgan fingerprint density at radius 1 is 0.526 bits per heavy atom. The van der Waals surface area contributed by atoms with Crippen molar-refractivity contribution >= 4 is 50.2 Å². The molecule has 1 unspecified atom stereocenters. The van der Waals surface area contributed by atoms with E-state index < -0.39 is 12.7 Å². The zero-order valence-electron chi connectivity index (χ0n) is 58.4. The number of likely N-dealkylation sites (N-methyl/N-ethyl adjacent to an activating group) is 2. The minimum atomic E-state index is -4.43. The molecule has 12 heterocycles. The van der Waals surface area contributed by atoms with Gasteiger partial charge in [0.15, 0.2) is 0 Å². The van der Waals surface area contributed by atoms with Crippen LogP contribution in [-0.2, 0) is 6.54 Å². The highest BCUT2D eigenvalue weighted by Gasteiger charge is 2.40. The third-order valence-electron chi connectivity index (χ3n) is 22.8. The van der Waals surface area contributed by atoms with E-state index in [0.29, 0.717) is 29.3 Å². The molecule has 0 saturated carbocycles. The number of anilines is 3. The molecule has 7 atom stereocenters. The maximum Gasteiger partial charge on any atom is 0.406 e. The van der Waals surface area contributed by atoms with Gasteiger partial charge < -0.3 is 44.4 Å². The topological polar surface area (TPSA) is 152 Å². The number of aryl methyl sites for hydroxylation is 2. The van der Waals surface area contributed by atoms with Gasteiger partial charge in [-0.1, -0.05) is 26.0 Å². The first-order chi connectivity index (χ1) is 46.8. The van der Waals surface area contributed by atoms with E-state index in [4.69, 9.17) is 29.9 Å². The van der Waals surface area contributed by atoms with Gasteiger partial charge in [0.2, 0.25) is 0 Å². The van der Waals surface area contributed by atoms with E-state index in [-0.39, 0.29) is 42.2 Å². The van der Waals surface area contributed by atoms with Gasteiger partial charge in [0, 0.05) is 108 Å². The molecular weight excluding hydrogens is 1220 g/mol. The number of aromatic amines is 2. The number of piperazine rings is 3. The molecule has 6 saturated heterocycles. The maximum atomic E-state index is 14.7. The summed E-state index contributed by atoms with van der Waals surface area (Å²) >= 11 is 0. The number of nitrogens with one attached hydrogen (secondary N) is 3. The van der Waals surface area contributed by atoms with Crippen molar-refractivity contribution in [3.05, 3.63) is 137 Å². The number of hydrogen-bond acceptors (Lipinski definition) is 15. The number of aromatic nitrogens is 9. The quantitative estimate of drug-likeness (QED) is 0.100. The zero-order chi connectivity index (χ0) is 67.1. The van der Waals surface area contributed by atoms with Crippen molar-refractivity contribution in [1.29, 1.82) is 0 Å². The fraction of sp³-hybridized carbons (Fsp3) is 0.526. The molecule has 512 valence electrons. The summed E-state index contributed by atoms with van der Waals surface area (Å²) in [5.74, 6) is 2.70. The van der Waals surface area contributed by atoms with E-state index in [2.05, 4.69) is 166 Å². The molecule has 6 aliphatic heterocycles. The first-order valence-electron chi connectivity index (χ1n) is 35.8. The number of fused-ring (bicyclic) bond motifs is 3. The standard InChI is InChI=1S/C76H97F3N18/c1-46(2)54-37-53(51-39-57-71(66(41-51)96-27-26-80-49(5)44-96)88-73(85-57)62-22-12-18-58(91(62)8)67-47(3)16-15-25-81-67)43-83-69(54)60-20-13-23-63(92(60)9)74-84-56-38-50(40-65(70(56)87-74)95-34-30-90(7)31-35-95)52-36-48(4)68(82-42-52)59-19-14-24-64(93(59)10)75-86-55-17-11-21-61(94-32-28-89(6)29-33-94)72(55)97(75)45-76(77,78)79/h11,15-17,21,25,36-43,46,49,58-60,62-64,80H,12-14,18-20,22-24,26-35,44-45H2,1-10H3,(H,84,87)(H,85,88)/t49?,58-,59-,60-,62+,63+,64+/m0/s1. The SMILES string of the molecule is Cc1cccnc1[C@@H]1CCC[C@H](c2nc3c(N4CCNC(C)C4)cc(-c4cnc([C@@H]5CCC[C@H](c6nc7c(N8CCN(C)CC8)cc(-c8cnc([C@@H]9CCC[C@H](c%10nc%11cccc(N%12CCN(C)CC%12)c%11n%10CC(F)(F)F)N9C)c(C)c8)cc7[nH]6)N5C)c(C(C)C)c4)cc3[nH]2)N1C. The lowest BCUT2D eigenvalue weighted by molar-refractivity contribution is -0.140. The summed E-state index contributed by atoms with van der Waals surface area (Å²) in [6.45, 7) is 19.7. The fourth-order valence-corrected chi connectivity index (χ4v) is 17.3. The zero-order valence-corrected chi connectivity index (χ0v) is 58.4. The Hall–Kier alpha value is -7.53. The number of nitrogens with zero attached hydrogens (tertiary/aromatic N) is 15. The average molecular weight is 1320 g/mol. The van der Waals surface area contributed by atoms with Crippen molar-refractivity contribution in [1.82, 2.24) is 74.3 Å². The summed E-state index contributed by atoms with van der Waals surface area (Å²) in [7, 11) is 10.9. The first-order valence-corrected chi connectivity index (χ1v) is 35.8. The molecule has 6 aliphatic rings. The first kappa shape index (κ1) is 65.4. The Bertz CT molecular complexity index is 4330. The Labute approximate surface area is 569 Å². The van der Waals surface area contributed by atoms with Crippen LogP contribution in [-0.4, -0.2) is 188 Å². The molecule has 21 heteroatoms. The number of alkyl halides is 3. The number of hydrogen-bond donors (Lipinski definition) is 3. The molecule has 3 aromatic carbocycles. The lowest BCUT2D eigenvalue weighted by Crippen LogP contribution is -2.49. The van der Waals surface area contributed by atoms with Gasteiger partial charge in [-0.25, -0.2) is 15.0 Å². The van der Waals surface area contributed by atoms with E-state index in [9.17, 15) is 13.2 Å². The van der Waals surface area contributed by atoms with E-state index in [1.54, 1.807) is 0 Å². The van der Waals surface area contributed by atoms with Gasteiger partial charge in [0.05, 0.1) is 92.5 Å². The Kier molecular flexibility index (Phi) is 17.9. The highest BCUT2D eigenvalue weighted by Crippen LogP contribution is 2.48. The number of rotatable bonds is 13. The smallest absolute Gasteiger partial charge is 0.367 e. The highest BCUT2D eigenvalue weighted by atomic mass is 19.4. The Balaban J connectivity index is 0.718. The van der Waals surface area contributed by atoms with Crippen molar-refractivity contribution in [2.45, 2.75) is 153 Å². The van der Waals surface area contributed by atoms with E-state index >= 15 is 0 Å². The molecule has 97 heavy (non-hydrogen) atoms. The number of H-pyrrole nitrogens is 2. The minimum absolute atomic E-state index is 0.0345. The maximum absolute atomic E-state index is 14.7. The number of para-hydroxylation sites is 1. The van der Waals surface area contributed by atoms with Crippen LogP contribution in [0.15, 0.2) is 85.3 Å². The van der Waals surface area contributed by atoms with Crippen molar-refractivity contribution < 1.29 is 13.2 Å². The molecule has 15 rings (SSSR count). The van der Waals surface area contributed by atoms with Crippen molar-refractivity contribution in [3.8, 4) is 22.3 Å². The van der Waals surface area contributed by atoms with Crippen LogP contribution in [0.4, 0.5) is 30.2 Å². The summed E-state index contributed by atoms with van der Waals surface area (Å²) in [4.78, 5) is 58.9. The van der Waals surface area contributed by atoms with Gasteiger partial charge in [-0.05, 0) is 202 Å². The lowest BCUT2D eigenvalue weighted by Gasteiger charge is -2.39. The van der Waals surface area contributed by atoms with Gasteiger partial charge >= 0.3 is 6.18 Å². The summed E-state index contributed by atoms with van der Waals surface area (Å²) < 4.78 is 45.7. The van der Waals surface area contributed by atoms with Crippen LogP contribution < -0.4 is 20.0 Å². The van der Waals surface area contributed by atoms with Crippen molar-refractivity contribution in [2.75, 3.05) is 122 Å². The predicted octanol–water partition coefficient (Wildman–Crippen LogP) is 13.6. The summed E-state index contributed by atoms with van der Waals surface area (Å²) in [6.07, 6.45) is 10.2. The molecule has 0 bridgehead atoms. The van der Waals surface area contributed by atoms with Crippen LogP contribution in [0.1, 0.15) is 172 Å². The summed E-state index contributed by atoms with van der Waals surface area (Å²) in [6, 6.07) is 24.3. The second-order valence-electron chi connectivity index (χ2n) is 29.6. The van der Waals surface area contributed by atoms with Crippen molar-refractivity contribution in [2.24, 2.45) is 0 Å². The van der Waals surface area contributed by atoms with E-state index in [1.165, 1.54) is 21.4 Å². The number of piperidine rings is 3. The van der Waals surface area contributed by atoms with E-state index in [0.717, 1.165) is 213 Å². The van der Waals surface area contributed by atoms with Crippen LogP contribution in [0, 0.1) is 13.8 Å².